The lowest BCUT2D eigenvalue weighted by molar-refractivity contribution is 0.346. The first-order chi connectivity index (χ1) is 11.1. The molecule has 1 aliphatic heterocycles. The second-order valence-electron chi connectivity index (χ2n) is 4.91. The van der Waals surface area contributed by atoms with Gasteiger partial charge in [-0.2, -0.15) is 5.10 Å². The molecule has 0 spiro atoms. The van der Waals surface area contributed by atoms with Gasteiger partial charge in [0, 0.05) is 29.4 Å². The zero-order valence-corrected chi connectivity index (χ0v) is 13.1. The number of nitrogens with zero attached hydrogens (tertiary/aromatic N) is 3. The molecule has 0 saturated heterocycles. The van der Waals surface area contributed by atoms with E-state index in [1.165, 1.54) is 12.1 Å². The van der Waals surface area contributed by atoms with Crippen molar-refractivity contribution in [1.29, 1.82) is 0 Å². The zero-order valence-electron chi connectivity index (χ0n) is 12.3. The normalized spacial score (nSPS) is 17.5. The van der Waals surface area contributed by atoms with Crippen LogP contribution in [0.25, 0.3) is 6.08 Å². The van der Waals surface area contributed by atoms with Crippen LogP contribution < -0.4 is 5.43 Å². The third kappa shape index (κ3) is 3.78. The Bertz CT molecular complexity index is 810. The predicted molar refractivity (Wildman–Crippen MR) is 88.7 cm³/mol. The molecule has 0 aliphatic carbocycles. The quantitative estimate of drug-likeness (QED) is 0.874. The number of halogens is 2. The van der Waals surface area contributed by atoms with Gasteiger partial charge in [-0.3, -0.25) is 10.1 Å². The molecule has 7 heteroatoms. The molecule has 5 nitrogen and oxygen atoms in total. The first-order valence-electron chi connectivity index (χ1n) is 6.90. The summed E-state index contributed by atoms with van der Waals surface area (Å²) in [6, 6.07) is 4.39. The van der Waals surface area contributed by atoms with Crippen LogP contribution in [0.15, 0.2) is 53.4 Å². The van der Waals surface area contributed by atoms with Gasteiger partial charge in [0.2, 0.25) is 5.90 Å². The van der Waals surface area contributed by atoms with Crippen molar-refractivity contribution in [2.24, 2.45) is 12.1 Å². The molecular weight excluding hydrogens is 319 g/mol. The lowest BCUT2D eigenvalue weighted by atomic mass is 10.1. The van der Waals surface area contributed by atoms with Crippen LogP contribution in [0, 0.1) is 5.82 Å². The number of rotatable bonds is 3. The highest BCUT2D eigenvalue weighted by Crippen LogP contribution is 2.20. The van der Waals surface area contributed by atoms with Crippen LogP contribution in [0.3, 0.4) is 0 Å². The van der Waals surface area contributed by atoms with Gasteiger partial charge in [0.1, 0.15) is 12.4 Å². The summed E-state index contributed by atoms with van der Waals surface area (Å²) in [5.74, 6) is 0.0103. The number of aromatic nitrogens is 2. The average Bonchev–Trinajstić information content (AvgIpc) is 2.95. The molecule has 0 unspecified atom stereocenters. The molecule has 2 heterocycles. The lowest BCUT2D eigenvalue weighted by Gasteiger charge is -2.13. The standard InChI is InChI=1S/C16H14ClFN4O/c1-22-10-14(9-19-22)20-21-16-11(3-2-6-23-16)7-12-8-13(17)4-5-15(12)18/h2-5,7-10,20H,6H2,1H3. The van der Waals surface area contributed by atoms with E-state index in [9.17, 15) is 4.39 Å². The Labute approximate surface area is 137 Å². The fourth-order valence-electron chi connectivity index (χ4n) is 2.05. The van der Waals surface area contributed by atoms with Crippen LogP contribution in [0.2, 0.25) is 5.02 Å². The van der Waals surface area contributed by atoms with Crippen LogP contribution in [-0.4, -0.2) is 22.3 Å². The van der Waals surface area contributed by atoms with Crippen molar-refractivity contribution in [1.82, 2.24) is 9.78 Å². The number of hydrogen-bond acceptors (Lipinski definition) is 4. The number of ether oxygens (including phenoxy) is 1. The number of benzene rings is 1. The minimum atomic E-state index is -0.361. The molecule has 0 fully saturated rings. The van der Waals surface area contributed by atoms with Crippen LogP contribution in [0.4, 0.5) is 10.1 Å². The van der Waals surface area contributed by atoms with Crippen molar-refractivity contribution in [3.8, 4) is 0 Å². The summed E-state index contributed by atoms with van der Waals surface area (Å²) in [6.07, 6.45) is 8.72. The van der Waals surface area contributed by atoms with E-state index in [-0.39, 0.29) is 5.82 Å². The summed E-state index contributed by atoms with van der Waals surface area (Å²) in [5, 5.41) is 8.72. The van der Waals surface area contributed by atoms with Gasteiger partial charge < -0.3 is 4.74 Å². The fraction of sp³-hybridized carbons (Fsp3) is 0.125. The van der Waals surface area contributed by atoms with Crippen LogP contribution >= 0.6 is 11.6 Å². The van der Waals surface area contributed by atoms with Crippen molar-refractivity contribution >= 4 is 29.3 Å². The first kappa shape index (κ1) is 15.3. The molecule has 2 aromatic rings. The summed E-state index contributed by atoms with van der Waals surface area (Å²) in [6.45, 7) is 0.406. The van der Waals surface area contributed by atoms with Gasteiger partial charge in [-0.15, -0.1) is 5.10 Å². The number of anilines is 1. The molecule has 1 aromatic heterocycles. The molecule has 3 rings (SSSR count). The topological polar surface area (TPSA) is 51.4 Å². The smallest absolute Gasteiger partial charge is 0.238 e. The van der Waals surface area contributed by atoms with E-state index in [1.54, 1.807) is 29.2 Å². The fourth-order valence-corrected chi connectivity index (χ4v) is 2.23. The highest BCUT2D eigenvalue weighted by atomic mass is 35.5. The van der Waals surface area contributed by atoms with Crippen molar-refractivity contribution in [2.45, 2.75) is 0 Å². The Morgan fingerprint density at radius 3 is 3.13 bits per heavy atom. The minimum Gasteiger partial charge on any atom is -0.472 e. The number of aryl methyl sites for hydroxylation is 1. The van der Waals surface area contributed by atoms with E-state index in [4.69, 9.17) is 16.3 Å². The molecule has 1 aromatic carbocycles. The lowest BCUT2D eigenvalue weighted by Crippen LogP contribution is -2.13. The van der Waals surface area contributed by atoms with Gasteiger partial charge in [0.05, 0.1) is 11.9 Å². The molecule has 1 aliphatic rings. The summed E-state index contributed by atoms with van der Waals surface area (Å²) >= 11 is 5.92. The van der Waals surface area contributed by atoms with E-state index in [0.29, 0.717) is 28.7 Å². The van der Waals surface area contributed by atoms with Crippen molar-refractivity contribution in [2.75, 3.05) is 12.0 Å². The molecule has 0 radical (unpaired) electrons. The maximum atomic E-state index is 13.9. The third-order valence-electron chi connectivity index (χ3n) is 3.12. The second-order valence-corrected chi connectivity index (χ2v) is 5.35. The molecule has 0 atom stereocenters. The molecule has 1 N–H and O–H groups in total. The molecule has 118 valence electrons. The van der Waals surface area contributed by atoms with E-state index in [0.717, 1.165) is 5.69 Å². The second kappa shape index (κ2) is 6.66. The van der Waals surface area contributed by atoms with E-state index < -0.39 is 0 Å². The Morgan fingerprint density at radius 2 is 2.35 bits per heavy atom. The molecule has 0 saturated carbocycles. The van der Waals surface area contributed by atoms with Gasteiger partial charge in [-0.25, -0.2) is 4.39 Å². The van der Waals surface area contributed by atoms with E-state index in [1.807, 2.05) is 19.2 Å². The highest BCUT2D eigenvalue weighted by molar-refractivity contribution is 6.30. The van der Waals surface area contributed by atoms with Crippen molar-refractivity contribution in [3.63, 3.8) is 0 Å². The van der Waals surface area contributed by atoms with Crippen molar-refractivity contribution < 1.29 is 9.13 Å². The predicted octanol–water partition coefficient (Wildman–Crippen LogP) is 3.61. The SMILES string of the molecule is Cn1cc(NN=C2OCC=CC2=Cc2cc(Cl)ccc2F)cn1. The largest absolute Gasteiger partial charge is 0.472 e. The number of hydrazone groups is 1. The van der Waals surface area contributed by atoms with Crippen LogP contribution in [0.5, 0.6) is 0 Å². The van der Waals surface area contributed by atoms with Gasteiger partial charge in [0.15, 0.2) is 0 Å². The summed E-state index contributed by atoms with van der Waals surface area (Å²) < 4.78 is 21.0. The van der Waals surface area contributed by atoms with Crippen molar-refractivity contribution in [3.05, 3.63) is 64.7 Å². The van der Waals surface area contributed by atoms with Gasteiger partial charge in [0.25, 0.3) is 0 Å². The molecule has 0 amide bonds. The third-order valence-corrected chi connectivity index (χ3v) is 3.36. The number of hydrogen-bond donors (Lipinski definition) is 1. The minimum absolute atomic E-state index is 0.361. The van der Waals surface area contributed by atoms with Gasteiger partial charge in [-0.1, -0.05) is 17.7 Å². The Hall–Kier alpha value is -2.60. The molecule has 0 bridgehead atoms. The zero-order chi connectivity index (χ0) is 16.2. The van der Waals surface area contributed by atoms with Gasteiger partial charge >= 0.3 is 0 Å². The maximum Gasteiger partial charge on any atom is 0.238 e. The Balaban J connectivity index is 1.88. The summed E-state index contributed by atoms with van der Waals surface area (Å²) in [5.41, 5.74) is 4.61. The van der Waals surface area contributed by atoms with Crippen LogP contribution in [0.1, 0.15) is 5.56 Å². The van der Waals surface area contributed by atoms with E-state index >= 15 is 0 Å². The molecular formula is C16H14ClFN4O. The highest BCUT2D eigenvalue weighted by Gasteiger charge is 2.12. The summed E-state index contributed by atoms with van der Waals surface area (Å²) in [7, 11) is 1.81. The number of nitrogens with one attached hydrogen (secondary N) is 1. The first-order valence-corrected chi connectivity index (χ1v) is 7.28. The van der Waals surface area contributed by atoms with Gasteiger partial charge in [-0.05, 0) is 30.4 Å². The molecule has 23 heavy (non-hydrogen) atoms. The average molecular weight is 333 g/mol. The Morgan fingerprint density at radius 1 is 1.48 bits per heavy atom. The summed E-state index contributed by atoms with van der Waals surface area (Å²) in [4.78, 5) is 0. The van der Waals surface area contributed by atoms with E-state index in [2.05, 4.69) is 15.6 Å². The Kier molecular flexibility index (Phi) is 4.43. The monoisotopic (exact) mass is 332 g/mol. The maximum absolute atomic E-state index is 13.9. The van der Waals surface area contributed by atoms with Crippen LogP contribution in [-0.2, 0) is 11.8 Å².